The summed E-state index contributed by atoms with van der Waals surface area (Å²) in [7, 11) is 0. The summed E-state index contributed by atoms with van der Waals surface area (Å²) < 4.78 is 2.08. The number of rotatable bonds is 5. The second-order valence-electron chi connectivity index (χ2n) is 6.53. The molecule has 0 unspecified atom stereocenters. The van der Waals surface area contributed by atoms with Crippen LogP contribution in [0.4, 0.5) is 5.69 Å². The minimum absolute atomic E-state index is 0.130. The van der Waals surface area contributed by atoms with E-state index in [4.69, 9.17) is 11.6 Å². The quantitative estimate of drug-likeness (QED) is 0.582. The Balaban J connectivity index is 1.64. The predicted octanol–water partition coefficient (Wildman–Crippen LogP) is 5.26. The highest BCUT2D eigenvalue weighted by molar-refractivity contribution is 8.03. The molecule has 0 saturated heterocycles. The van der Waals surface area contributed by atoms with Crippen molar-refractivity contribution in [3.05, 3.63) is 82.5 Å². The molecule has 1 N–H and O–H groups in total. The number of allylic oxidation sites excluding steroid dienone is 2. The van der Waals surface area contributed by atoms with E-state index >= 15 is 0 Å². The Morgan fingerprint density at radius 2 is 2.04 bits per heavy atom. The molecule has 0 bridgehead atoms. The van der Waals surface area contributed by atoms with Gasteiger partial charge in [-0.05, 0) is 42.8 Å². The van der Waals surface area contributed by atoms with Crippen LogP contribution in [0.2, 0.25) is 5.02 Å². The number of aromatic nitrogens is 1. The van der Waals surface area contributed by atoms with Crippen LogP contribution in [-0.4, -0.2) is 18.3 Å². The molecule has 3 nitrogen and oxygen atoms in total. The van der Waals surface area contributed by atoms with Crippen LogP contribution in [0.15, 0.2) is 76.8 Å². The standard InChI is InChI=1S/C23H22ClN2OS/c1-2-26-21-16-18(24)10-11-22(21)28-23(26)9-5-6-17-12-13-25(14-15-27)20-8-4-3-7-19(17)20/h3-13,16,27H,2,14-15H2,1H3/q+1. The lowest BCUT2D eigenvalue weighted by atomic mass is 10.1. The van der Waals surface area contributed by atoms with E-state index in [0.29, 0.717) is 6.54 Å². The van der Waals surface area contributed by atoms with Gasteiger partial charge in [-0.25, -0.2) is 0 Å². The van der Waals surface area contributed by atoms with Gasteiger partial charge in [0.15, 0.2) is 12.7 Å². The molecule has 5 heteroatoms. The summed E-state index contributed by atoms with van der Waals surface area (Å²) in [5, 5.41) is 12.4. The summed E-state index contributed by atoms with van der Waals surface area (Å²) in [4.78, 5) is 3.52. The Labute approximate surface area is 174 Å². The molecular formula is C23H22ClN2OS+. The van der Waals surface area contributed by atoms with Crippen LogP contribution in [0.5, 0.6) is 0 Å². The Morgan fingerprint density at radius 3 is 2.86 bits per heavy atom. The molecule has 0 aliphatic carbocycles. The van der Waals surface area contributed by atoms with Crippen LogP contribution in [0.1, 0.15) is 12.5 Å². The third-order valence-electron chi connectivity index (χ3n) is 4.82. The van der Waals surface area contributed by atoms with E-state index < -0.39 is 0 Å². The zero-order valence-corrected chi connectivity index (χ0v) is 17.2. The van der Waals surface area contributed by atoms with Gasteiger partial charge in [-0.15, -0.1) is 0 Å². The minimum atomic E-state index is 0.130. The van der Waals surface area contributed by atoms with Gasteiger partial charge in [0.25, 0.3) is 0 Å². The lowest BCUT2D eigenvalue weighted by Crippen LogP contribution is -2.36. The van der Waals surface area contributed by atoms with Crippen molar-refractivity contribution in [2.45, 2.75) is 18.4 Å². The number of aliphatic hydroxyl groups is 1. The first-order chi connectivity index (χ1) is 13.7. The van der Waals surface area contributed by atoms with Gasteiger partial charge in [0, 0.05) is 28.6 Å². The fraction of sp³-hybridized carbons (Fsp3) is 0.174. The van der Waals surface area contributed by atoms with Gasteiger partial charge in [0.2, 0.25) is 5.52 Å². The largest absolute Gasteiger partial charge is 0.390 e. The second-order valence-corrected chi connectivity index (χ2v) is 8.03. The highest BCUT2D eigenvalue weighted by Gasteiger charge is 2.23. The van der Waals surface area contributed by atoms with Crippen molar-refractivity contribution in [1.82, 2.24) is 0 Å². The number of aliphatic hydroxyl groups excluding tert-OH is 1. The van der Waals surface area contributed by atoms with E-state index in [-0.39, 0.29) is 6.61 Å². The Bertz CT molecular complexity index is 1080. The van der Waals surface area contributed by atoms with Crippen molar-refractivity contribution >= 4 is 46.0 Å². The van der Waals surface area contributed by atoms with Crippen LogP contribution in [0.3, 0.4) is 0 Å². The number of benzene rings is 2. The molecule has 0 spiro atoms. The van der Waals surface area contributed by atoms with Crippen LogP contribution in [0, 0.1) is 0 Å². The van der Waals surface area contributed by atoms with Crippen molar-refractivity contribution in [2.75, 3.05) is 18.1 Å². The summed E-state index contributed by atoms with van der Waals surface area (Å²) in [5.74, 6) is 0. The number of halogens is 1. The van der Waals surface area contributed by atoms with Gasteiger partial charge >= 0.3 is 0 Å². The monoisotopic (exact) mass is 409 g/mol. The van der Waals surface area contributed by atoms with E-state index in [1.807, 2.05) is 30.5 Å². The molecule has 0 radical (unpaired) electrons. The Hall–Kier alpha value is -2.27. The summed E-state index contributed by atoms with van der Waals surface area (Å²) in [5.41, 5.74) is 3.46. The average molecular weight is 410 g/mol. The van der Waals surface area contributed by atoms with E-state index in [9.17, 15) is 5.11 Å². The summed E-state index contributed by atoms with van der Waals surface area (Å²) in [6.07, 6.45) is 8.44. The maximum atomic E-state index is 9.29. The summed E-state index contributed by atoms with van der Waals surface area (Å²) in [6, 6.07) is 16.4. The molecule has 0 saturated carbocycles. The molecule has 2 heterocycles. The number of hydrogen-bond acceptors (Lipinski definition) is 3. The van der Waals surface area contributed by atoms with Crippen LogP contribution in [-0.2, 0) is 6.54 Å². The molecule has 0 atom stereocenters. The van der Waals surface area contributed by atoms with Crippen molar-refractivity contribution < 1.29 is 9.67 Å². The average Bonchev–Trinajstić information content (AvgIpc) is 3.06. The van der Waals surface area contributed by atoms with Crippen molar-refractivity contribution in [3.8, 4) is 0 Å². The van der Waals surface area contributed by atoms with E-state index in [2.05, 4.69) is 58.9 Å². The van der Waals surface area contributed by atoms with Gasteiger partial charge in [-0.2, -0.15) is 4.57 Å². The SMILES string of the molecule is CCN1/C(=C/C=C/c2cc[n+](CCO)c3ccccc23)Sc2ccc(Cl)cc21. The van der Waals surface area contributed by atoms with E-state index in [1.165, 1.54) is 21.0 Å². The number of hydrogen-bond donors (Lipinski definition) is 1. The predicted molar refractivity (Wildman–Crippen MR) is 119 cm³/mol. The Morgan fingerprint density at radius 1 is 1.18 bits per heavy atom. The van der Waals surface area contributed by atoms with Gasteiger partial charge in [0.05, 0.1) is 16.1 Å². The number of anilines is 1. The van der Waals surface area contributed by atoms with Gasteiger partial charge in [0.1, 0.15) is 6.61 Å². The minimum Gasteiger partial charge on any atom is -0.390 e. The molecule has 1 aliphatic heterocycles. The summed E-state index contributed by atoms with van der Waals surface area (Å²) >= 11 is 7.95. The topological polar surface area (TPSA) is 27.4 Å². The highest BCUT2D eigenvalue weighted by atomic mass is 35.5. The zero-order valence-electron chi connectivity index (χ0n) is 15.7. The molecule has 2 aromatic carbocycles. The molecule has 0 amide bonds. The molecule has 142 valence electrons. The van der Waals surface area contributed by atoms with Gasteiger partial charge < -0.3 is 10.0 Å². The van der Waals surface area contributed by atoms with Crippen LogP contribution < -0.4 is 9.47 Å². The van der Waals surface area contributed by atoms with Crippen LogP contribution >= 0.6 is 23.4 Å². The molecular weight excluding hydrogens is 388 g/mol. The molecule has 1 aromatic heterocycles. The number of pyridine rings is 1. The van der Waals surface area contributed by atoms with E-state index in [0.717, 1.165) is 22.6 Å². The molecule has 1 aliphatic rings. The normalized spacial score (nSPS) is 15.1. The first-order valence-electron chi connectivity index (χ1n) is 9.36. The second kappa shape index (κ2) is 8.39. The van der Waals surface area contributed by atoms with Crippen molar-refractivity contribution in [3.63, 3.8) is 0 Å². The van der Waals surface area contributed by atoms with Crippen molar-refractivity contribution in [1.29, 1.82) is 0 Å². The van der Waals surface area contributed by atoms with Crippen LogP contribution in [0.25, 0.3) is 17.0 Å². The fourth-order valence-corrected chi connectivity index (χ4v) is 4.80. The zero-order chi connectivity index (χ0) is 19.5. The first kappa shape index (κ1) is 19.1. The lowest BCUT2D eigenvalue weighted by Gasteiger charge is -2.17. The maximum Gasteiger partial charge on any atom is 0.213 e. The third-order valence-corrected chi connectivity index (χ3v) is 6.19. The third kappa shape index (κ3) is 3.68. The number of thioether (sulfide) groups is 1. The Kier molecular flexibility index (Phi) is 5.72. The summed E-state index contributed by atoms with van der Waals surface area (Å²) in [6.45, 7) is 3.77. The first-order valence-corrected chi connectivity index (χ1v) is 10.6. The number of nitrogens with zero attached hydrogens (tertiary/aromatic N) is 2. The van der Waals surface area contributed by atoms with Gasteiger partial charge in [-0.1, -0.05) is 47.6 Å². The smallest absolute Gasteiger partial charge is 0.213 e. The number of fused-ring (bicyclic) bond motifs is 2. The number of para-hydroxylation sites is 1. The highest BCUT2D eigenvalue weighted by Crippen LogP contribution is 2.46. The van der Waals surface area contributed by atoms with Crippen molar-refractivity contribution in [2.24, 2.45) is 0 Å². The fourth-order valence-electron chi connectivity index (χ4n) is 3.52. The molecule has 0 fully saturated rings. The molecule has 4 rings (SSSR count). The molecule has 3 aromatic rings. The van der Waals surface area contributed by atoms with Gasteiger partial charge in [-0.3, -0.25) is 0 Å². The molecule has 28 heavy (non-hydrogen) atoms. The maximum absolute atomic E-state index is 9.29. The van der Waals surface area contributed by atoms with E-state index in [1.54, 1.807) is 11.8 Å². The lowest BCUT2D eigenvalue weighted by molar-refractivity contribution is -0.672.